The van der Waals surface area contributed by atoms with Crippen molar-refractivity contribution in [2.45, 2.75) is 13.0 Å². The first kappa shape index (κ1) is 14.3. The zero-order valence-electron chi connectivity index (χ0n) is 11.8. The fraction of sp³-hybridized carbons (Fsp3) is 0.250. The summed E-state index contributed by atoms with van der Waals surface area (Å²) >= 11 is 0. The van der Waals surface area contributed by atoms with Gasteiger partial charge in [0, 0.05) is 18.8 Å². The third kappa shape index (κ3) is 2.91. The second-order valence-electron chi connectivity index (χ2n) is 4.65. The van der Waals surface area contributed by atoms with E-state index in [1.807, 2.05) is 24.3 Å². The van der Waals surface area contributed by atoms with Gasteiger partial charge in [0.25, 0.3) is 0 Å². The van der Waals surface area contributed by atoms with Gasteiger partial charge in [-0.2, -0.15) is 0 Å². The molecule has 1 N–H and O–H groups in total. The number of hydrogen-bond acceptors (Lipinski definition) is 3. The lowest BCUT2D eigenvalue weighted by atomic mass is 10.1. The Morgan fingerprint density at radius 2 is 1.95 bits per heavy atom. The zero-order chi connectivity index (χ0) is 14.7. The molecule has 0 fully saturated rings. The number of ether oxygens (including phenoxy) is 1. The van der Waals surface area contributed by atoms with Gasteiger partial charge in [-0.05, 0) is 36.8 Å². The van der Waals surface area contributed by atoms with Gasteiger partial charge in [0.15, 0.2) is 0 Å². The number of hydrogen-bond donors (Lipinski definition) is 1. The standard InChI is InChI=1S/C16H18FNO2/c1-11(19)12-7-8-16(15(17)9-12)18(2)13-5-4-6-14(10-13)20-3/h4-11,19H,1-3H3/t11-/m1/s1. The summed E-state index contributed by atoms with van der Waals surface area (Å²) in [6.07, 6.45) is -0.680. The molecule has 0 unspecified atom stereocenters. The smallest absolute Gasteiger partial charge is 0.147 e. The number of nitrogens with zero attached hydrogens (tertiary/aromatic N) is 1. The van der Waals surface area contributed by atoms with Crippen LogP contribution in [0.1, 0.15) is 18.6 Å². The van der Waals surface area contributed by atoms with Crippen molar-refractivity contribution in [3.8, 4) is 5.75 Å². The molecule has 0 saturated carbocycles. The fourth-order valence-electron chi connectivity index (χ4n) is 2.01. The van der Waals surface area contributed by atoms with Crippen LogP contribution in [0.25, 0.3) is 0 Å². The third-order valence-corrected chi connectivity index (χ3v) is 3.26. The molecule has 2 rings (SSSR count). The Kier molecular flexibility index (Phi) is 4.25. The van der Waals surface area contributed by atoms with Gasteiger partial charge >= 0.3 is 0 Å². The van der Waals surface area contributed by atoms with E-state index in [1.54, 1.807) is 38.1 Å². The summed E-state index contributed by atoms with van der Waals surface area (Å²) in [7, 11) is 3.38. The van der Waals surface area contributed by atoms with E-state index in [2.05, 4.69) is 0 Å². The van der Waals surface area contributed by atoms with E-state index in [-0.39, 0.29) is 5.82 Å². The molecule has 0 aliphatic rings. The number of methoxy groups -OCH3 is 1. The zero-order valence-corrected chi connectivity index (χ0v) is 11.8. The molecular formula is C16H18FNO2. The minimum atomic E-state index is -0.680. The highest BCUT2D eigenvalue weighted by atomic mass is 19.1. The van der Waals surface area contributed by atoms with Crippen LogP contribution in [0.2, 0.25) is 0 Å². The SMILES string of the molecule is COc1cccc(N(C)c2ccc([C@@H](C)O)cc2F)c1. The van der Waals surface area contributed by atoms with E-state index in [4.69, 9.17) is 4.74 Å². The van der Waals surface area contributed by atoms with Crippen molar-refractivity contribution < 1.29 is 14.2 Å². The van der Waals surface area contributed by atoms with E-state index in [0.29, 0.717) is 11.3 Å². The Balaban J connectivity index is 2.35. The normalized spacial score (nSPS) is 12.1. The molecule has 2 aromatic carbocycles. The fourth-order valence-corrected chi connectivity index (χ4v) is 2.01. The molecule has 0 aliphatic heterocycles. The summed E-state index contributed by atoms with van der Waals surface area (Å²) in [5, 5.41) is 9.47. The molecule has 0 aromatic heterocycles. The maximum atomic E-state index is 14.1. The lowest BCUT2D eigenvalue weighted by molar-refractivity contribution is 0.199. The highest BCUT2D eigenvalue weighted by Gasteiger charge is 2.12. The molecular weight excluding hydrogens is 257 g/mol. The molecule has 0 aliphatic carbocycles. The Morgan fingerprint density at radius 3 is 2.55 bits per heavy atom. The van der Waals surface area contributed by atoms with Gasteiger partial charge in [0.2, 0.25) is 0 Å². The lowest BCUT2D eigenvalue weighted by Crippen LogP contribution is -2.11. The van der Waals surface area contributed by atoms with Crippen LogP contribution in [0.3, 0.4) is 0 Å². The Bertz CT molecular complexity index is 599. The highest BCUT2D eigenvalue weighted by Crippen LogP contribution is 2.30. The number of aliphatic hydroxyl groups excluding tert-OH is 1. The first-order valence-corrected chi connectivity index (χ1v) is 6.38. The van der Waals surface area contributed by atoms with Crippen molar-refractivity contribution in [1.29, 1.82) is 0 Å². The second-order valence-corrected chi connectivity index (χ2v) is 4.65. The van der Waals surface area contributed by atoms with Crippen molar-refractivity contribution in [2.75, 3.05) is 19.1 Å². The molecule has 0 amide bonds. The minimum Gasteiger partial charge on any atom is -0.497 e. The molecule has 3 nitrogen and oxygen atoms in total. The second kappa shape index (κ2) is 5.92. The quantitative estimate of drug-likeness (QED) is 0.924. The molecule has 20 heavy (non-hydrogen) atoms. The van der Waals surface area contributed by atoms with Gasteiger partial charge < -0.3 is 14.7 Å². The van der Waals surface area contributed by atoms with Crippen LogP contribution in [0.15, 0.2) is 42.5 Å². The Morgan fingerprint density at radius 1 is 1.20 bits per heavy atom. The number of rotatable bonds is 4. The van der Waals surface area contributed by atoms with Gasteiger partial charge in [-0.15, -0.1) is 0 Å². The summed E-state index contributed by atoms with van der Waals surface area (Å²) in [4.78, 5) is 1.74. The number of benzene rings is 2. The van der Waals surface area contributed by atoms with E-state index in [9.17, 15) is 9.50 Å². The van der Waals surface area contributed by atoms with E-state index in [0.717, 1.165) is 11.4 Å². The average Bonchev–Trinajstić information content (AvgIpc) is 2.46. The average molecular weight is 275 g/mol. The van der Waals surface area contributed by atoms with Crippen LogP contribution in [0.4, 0.5) is 15.8 Å². The van der Waals surface area contributed by atoms with Crippen LogP contribution in [0, 0.1) is 5.82 Å². The molecule has 0 radical (unpaired) electrons. The van der Waals surface area contributed by atoms with Gasteiger partial charge in [0.05, 0.1) is 18.9 Å². The van der Waals surface area contributed by atoms with Crippen LogP contribution >= 0.6 is 0 Å². The molecule has 106 valence electrons. The predicted molar refractivity (Wildman–Crippen MR) is 78.1 cm³/mol. The van der Waals surface area contributed by atoms with Crippen molar-refractivity contribution in [3.63, 3.8) is 0 Å². The number of halogens is 1. The largest absolute Gasteiger partial charge is 0.497 e. The summed E-state index contributed by atoms with van der Waals surface area (Å²) < 4.78 is 19.3. The third-order valence-electron chi connectivity index (χ3n) is 3.26. The van der Waals surface area contributed by atoms with E-state index in [1.165, 1.54) is 6.07 Å². The van der Waals surface area contributed by atoms with Gasteiger partial charge in [-0.3, -0.25) is 0 Å². The van der Waals surface area contributed by atoms with Gasteiger partial charge in [0.1, 0.15) is 11.6 Å². The van der Waals surface area contributed by atoms with Crippen molar-refractivity contribution >= 4 is 11.4 Å². The number of anilines is 2. The first-order chi connectivity index (χ1) is 9.52. The van der Waals surface area contributed by atoms with Crippen LogP contribution in [-0.4, -0.2) is 19.3 Å². The minimum absolute atomic E-state index is 0.367. The Labute approximate surface area is 118 Å². The molecule has 0 spiro atoms. The maximum absolute atomic E-state index is 14.1. The highest BCUT2D eigenvalue weighted by molar-refractivity contribution is 5.64. The topological polar surface area (TPSA) is 32.7 Å². The Hall–Kier alpha value is -2.07. The molecule has 2 aromatic rings. The van der Waals surface area contributed by atoms with E-state index >= 15 is 0 Å². The monoisotopic (exact) mass is 275 g/mol. The van der Waals surface area contributed by atoms with Crippen LogP contribution in [0.5, 0.6) is 5.75 Å². The molecule has 1 atom stereocenters. The van der Waals surface area contributed by atoms with Crippen molar-refractivity contribution in [3.05, 3.63) is 53.8 Å². The summed E-state index contributed by atoms with van der Waals surface area (Å²) in [6.45, 7) is 1.61. The predicted octanol–water partition coefficient (Wildman–Crippen LogP) is 3.66. The summed E-state index contributed by atoms with van der Waals surface area (Å²) in [6, 6.07) is 12.1. The van der Waals surface area contributed by atoms with Crippen molar-refractivity contribution in [2.24, 2.45) is 0 Å². The molecule has 0 bridgehead atoms. The number of aliphatic hydroxyl groups is 1. The summed E-state index contributed by atoms with van der Waals surface area (Å²) in [5.41, 5.74) is 1.83. The summed E-state index contributed by atoms with van der Waals surface area (Å²) in [5.74, 6) is 0.351. The lowest BCUT2D eigenvalue weighted by Gasteiger charge is -2.21. The van der Waals surface area contributed by atoms with Crippen LogP contribution in [-0.2, 0) is 0 Å². The van der Waals surface area contributed by atoms with Gasteiger partial charge in [-0.1, -0.05) is 12.1 Å². The van der Waals surface area contributed by atoms with E-state index < -0.39 is 6.10 Å². The van der Waals surface area contributed by atoms with Crippen molar-refractivity contribution in [1.82, 2.24) is 0 Å². The van der Waals surface area contributed by atoms with Gasteiger partial charge in [-0.25, -0.2) is 4.39 Å². The molecule has 4 heteroatoms. The molecule has 0 saturated heterocycles. The van der Waals surface area contributed by atoms with Crippen LogP contribution < -0.4 is 9.64 Å². The first-order valence-electron chi connectivity index (χ1n) is 6.38. The maximum Gasteiger partial charge on any atom is 0.147 e. The molecule has 0 heterocycles.